The number of Topliss-reactive ketones (excluding diaryl/α,β-unsaturated/α-hetero) is 1. The molecule has 0 aromatic heterocycles. The van der Waals surface area contributed by atoms with Crippen LogP contribution in [0.5, 0.6) is 0 Å². The minimum Gasteiger partial charge on any atom is -0.846 e. The molecule has 2 aliphatic rings. The number of nitrogens with one attached hydrogen (secondary N) is 1. The van der Waals surface area contributed by atoms with Crippen LogP contribution in [0, 0.1) is 11.3 Å². The number of hydrogen-bond donors (Lipinski definition) is 2. The van der Waals surface area contributed by atoms with Gasteiger partial charge in [0.25, 0.3) is 5.91 Å². The van der Waals surface area contributed by atoms with Crippen molar-refractivity contribution in [2.24, 2.45) is 16.3 Å². The molecule has 8 nitrogen and oxygen atoms in total. The molecular formula is C21H35N2NaO6. The van der Waals surface area contributed by atoms with Gasteiger partial charge in [-0.1, -0.05) is 27.2 Å². The molecule has 0 bridgehead atoms. The van der Waals surface area contributed by atoms with E-state index in [4.69, 9.17) is 9.84 Å². The summed E-state index contributed by atoms with van der Waals surface area (Å²) in [6.45, 7) is 13.1. The summed E-state index contributed by atoms with van der Waals surface area (Å²) in [6.07, 6.45) is 3.26. The largest absolute Gasteiger partial charge is 1.00 e. The summed E-state index contributed by atoms with van der Waals surface area (Å²) in [7, 11) is 0. The molecule has 2 amide bonds. The van der Waals surface area contributed by atoms with Gasteiger partial charge in [-0.05, 0) is 51.5 Å². The van der Waals surface area contributed by atoms with Crippen LogP contribution in [0.25, 0.3) is 0 Å². The van der Waals surface area contributed by atoms with Crippen LogP contribution in [0.4, 0.5) is 0 Å². The second kappa shape index (κ2) is 15.6. The van der Waals surface area contributed by atoms with Crippen molar-refractivity contribution in [2.75, 3.05) is 13.2 Å². The summed E-state index contributed by atoms with van der Waals surface area (Å²) in [6, 6.07) is -0.845. The molecule has 2 atom stereocenters. The summed E-state index contributed by atoms with van der Waals surface area (Å²) >= 11 is 0. The van der Waals surface area contributed by atoms with Gasteiger partial charge in [0.2, 0.25) is 5.91 Å². The number of hydrogen-bond acceptors (Lipinski definition) is 6. The zero-order chi connectivity index (χ0) is 22.6. The van der Waals surface area contributed by atoms with Gasteiger partial charge in [0.15, 0.2) is 11.5 Å². The number of ether oxygens (including phenoxy) is 1. The molecule has 2 rings (SSSR count). The SMILES string of the molecule is CC1=C(O)C(=O)CC1.CCCC(C)C1(CC)C(=O)N=C([O-])NC1=O.CCOCC.[Na+]. The van der Waals surface area contributed by atoms with Crippen LogP contribution >= 0.6 is 0 Å². The van der Waals surface area contributed by atoms with Gasteiger partial charge in [0.1, 0.15) is 5.41 Å². The van der Waals surface area contributed by atoms with E-state index in [0.29, 0.717) is 12.8 Å². The molecule has 2 N–H and O–H groups in total. The zero-order valence-corrected chi connectivity index (χ0v) is 21.5. The van der Waals surface area contributed by atoms with Gasteiger partial charge < -0.3 is 20.3 Å². The number of aliphatic hydroxyl groups is 1. The summed E-state index contributed by atoms with van der Waals surface area (Å²) < 4.78 is 4.83. The molecule has 1 aliphatic carbocycles. The van der Waals surface area contributed by atoms with Crippen molar-refractivity contribution >= 4 is 23.6 Å². The molecule has 0 saturated carbocycles. The van der Waals surface area contributed by atoms with E-state index in [1.54, 1.807) is 13.8 Å². The van der Waals surface area contributed by atoms with Crippen molar-refractivity contribution in [2.45, 2.75) is 73.6 Å². The Kier molecular flexibility index (Phi) is 16.1. The molecule has 2 unspecified atom stereocenters. The zero-order valence-electron chi connectivity index (χ0n) is 19.5. The van der Waals surface area contributed by atoms with Crippen LogP contribution < -0.4 is 40.0 Å². The van der Waals surface area contributed by atoms with E-state index in [2.05, 4.69) is 10.3 Å². The Labute approximate surface area is 201 Å². The molecule has 9 heteroatoms. The monoisotopic (exact) mass is 434 g/mol. The quantitative estimate of drug-likeness (QED) is 0.425. The number of aliphatic hydroxyl groups excluding tert-OH is 1. The molecule has 30 heavy (non-hydrogen) atoms. The Hall–Kier alpha value is -1.22. The molecule has 1 aliphatic heterocycles. The van der Waals surface area contributed by atoms with E-state index in [9.17, 15) is 19.5 Å². The van der Waals surface area contributed by atoms with Gasteiger partial charge in [-0.2, -0.15) is 0 Å². The molecule has 0 aromatic carbocycles. The average Bonchev–Trinajstić information content (AvgIpc) is 2.95. The van der Waals surface area contributed by atoms with E-state index in [0.717, 1.165) is 38.0 Å². The topological polar surface area (TPSA) is 128 Å². The molecular weight excluding hydrogens is 399 g/mol. The third-order valence-corrected chi connectivity index (χ3v) is 5.13. The van der Waals surface area contributed by atoms with E-state index >= 15 is 0 Å². The first-order valence-corrected chi connectivity index (χ1v) is 10.2. The fourth-order valence-corrected chi connectivity index (χ4v) is 3.28. The second-order valence-corrected chi connectivity index (χ2v) is 7.02. The summed E-state index contributed by atoms with van der Waals surface area (Å²) in [5.41, 5.74) is -0.320. The number of rotatable bonds is 6. The van der Waals surface area contributed by atoms with Crippen LogP contribution in [0.15, 0.2) is 16.3 Å². The van der Waals surface area contributed by atoms with Gasteiger partial charge >= 0.3 is 29.6 Å². The van der Waals surface area contributed by atoms with E-state index < -0.39 is 23.3 Å². The third kappa shape index (κ3) is 8.49. The smallest absolute Gasteiger partial charge is 0.846 e. The van der Waals surface area contributed by atoms with Crippen molar-refractivity contribution in [3.05, 3.63) is 11.3 Å². The van der Waals surface area contributed by atoms with E-state index in [-0.39, 0.29) is 47.0 Å². The third-order valence-electron chi connectivity index (χ3n) is 5.13. The van der Waals surface area contributed by atoms with Crippen LogP contribution in [0.3, 0.4) is 0 Å². The Balaban J connectivity index is 0. The van der Waals surface area contributed by atoms with Gasteiger partial charge in [-0.15, -0.1) is 0 Å². The number of ketones is 1. The van der Waals surface area contributed by atoms with Crippen LogP contribution in [0.2, 0.25) is 0 Å². The fourth-order valence-electron chi connectivity index (χ4n) is 3.28. The fraction of sp³-hybridized carbons (Fsp3) is 0.714. The maximum Gasteiger partial charge on any atom is 1.00 e. The molecule has 166 valence electrons. The summed E-state index contributed by atoms with van der Waals surface area (Å²) in [5, 5.41) is 21.9. The summed E-state index contributed by atoms with van der Waals surface area (Å²) in [4.78, 5) is 37.5. The molecule has 1 heterocycles. The van der Waals surface area contributed by atoms with E-state index in [1.165, 1.54) is 0 Å². The normalized spacial score (nSPS) is 21.4. The number of allylic oxidation sites excluding steroid dienone is 2. The van der Waals surface area contributed by atoms with Crippen molar-refractivity contribution in [3.8, 4) is 0 Å². The molecule has 0 saturated heterocycles. The predicted molar refractivity (Wildman–Crippen MR) is 109 cm³/mol. The van der Waals surface area contributed by atoms with Crippen molar-refractivity contribution < 1.29 is 58.9 Å². The number of amides is 2. The minimum absolute atomic E-state index is 0. The van der Waals surface area contributed by atoms with Crippen molar-refractivity contribution in [3.63, 3.8) is 0 Å². The summed E-state index contributed by atoms with van der Waals surface area (Å²) in [5.74, 6) is -1.31. The number of nitrogens with zero attached hydrogens (tertiary/aromatic N) is 1. The van der Waals surface area contributed by atoms with Gasteiger partial charge in [-0.25, -0.2) is 4.99 Å². The number of carbonyl (C=O) groups is 3. The first-order chi connectivity index (χ1) is 13.6. The molecule has 0 aromatic rings. The second-order valence-electron chi connectivity index (χ2n) is 7.02. The maximum atomic E-state index is 11.9. The molecule has 0 radical (unpaired) electrons. The average molecular weight is 435 g/mol. The first kappa shape index (κ1) is 31.0. The van der Waals surface area contributed by atoms with Gasteiger partial charge in [0.05, 0.1) is 6.02 Å². The number of carbonyl (C=O) groups excluding carboxylic acids is 3. The number of aliphatic imine (C=N–C) groups is 1. The molecule has 0 spiro atoms. The molecule has 0 fully saturated rings. The Morgan fingerprint density at radius 1 is 1.17 bits per heavy atom. The minimum atomic E-state index is -1.15. The van der Waals surface area contributed by atoms with E-state index in [1.807, 2.05) is 27.7 Å². The Bertz CT molecular complexity index is 645. The van der Waals surface area contributed by atoms with Crippen LogP contribution in [-0.4, -0.2) is 41.9 Å². The van der Waals surface area contributed by atoms with Gasteiger partial charge in [-0.3, -0.25) is 14.4 Å². The predicted octanol–water partition coefficient (Wildman–Crippen LogP) is -0.580. The standard InChI is InChI=1S/C11H18N2O3.C6H8O2.C4H10O.Na/c1-4-6-7(3)11(5-2)8(14)12-10(16)13-9(11)15;1-4-2-3-5(7)6(4)8;1-3-5-4-2;/h7H,4-6H2,1-3H3,(H2,12,13,14,15,16);8H,2-3H2,1H3;3-4H2,1-2H3;/q;;;+1/p-1. The van der Waals surface area contributed by atoms with Crippen molar-refractivity contribution in [1.82, 2.24) is 5.32 Å². The first-order valence-electron chi connectivity index (χ1n) is 10.2. The maximum absolute atomic E-state index is 11.9. The van der Waals surface area contributed by atoms with Crippen LogP contribution in [-0.2, 0) is 19.1 Å². The van der Waals surface area contributed by atoms with Gasteiger partial charge in [0, 0.05) is 19.6 Å². The van der Waals surface area contributed by atoms with Crippen LogP contribution in [0.1, 0.15) is 73.6 Å². The Morgan fingerprint density at radius 2 is 1.73 bits per heavy atom. The van der Waals surface area contributed by atoms with Crippen molar-refractivity contribution in [1.29, 1.82) is 0 Å². The Morgan fingerprint density at radius 3 is 2.00 bits per heavy atom. The number of amidine groups is 1.